The predicted octanol–water partition coefficient (Wildman–Crippen LogP) is 5.31. The van der Waals surface area contributed by atoms with E-state index in [4.69, 9.17) is 12.2 Å². The first kappa shape index (κ1) is 13.9. The molecule has 0 spiro atoms. The van der Waals surface area contributed by atoms with Crippen molar-refractivity contribution >= 4 is 50.9 Å². The molecule has 20 heavy (non-hydrogen) atoms. The number of fused-ring (bicyclic) bond motifs is 1. The van der Waals surface area contributed by atoms with Crippen molar-refractivity contribution in [1.82, 2.24) is 9.55 Å². The number of aromatic amines is 1. The third kappa shape index (κ3) is 2.21. The van der Waals surface area contributed by atoms with E-state index in [1.165, 1.54) is 6.07 Å². The summed E-state index contributed by atoms with van der Waals surface area (Å²) in [5.41, 5.74) is 2.53. The summed E-state index contributed by atoms with van der Waals surface area (Å²) < 4.78 is 16.5. The summed E-state index contributed by atoms with van der Waals surface area (Å²) in [5, 5.41) is 0. The lowest BCUT2D eigenvalue weighted by atomic mass is 10.2. The maximum Gasteiger partial charge on any atom is 0.182 e. The number of para-hydroxylation sites is 1. The van der Waals surface area contributed by atoms with E-state index < -0.39 is 0 Å². The standard InChI is InChI=1S/C14H10BrFN2S2/c1-20-13-5-3-2-4-11(13)18-12-6-8(15)9(16)7-10(12)17-14(18)19/h2-7H,1H3,(H,17,19). The van der Waals surface area contributed by atoms with Crippen LogP contribution in [-0.4, -0.2) is 15.8 Å². The van der Waals surface area contributed by atoms with E-state index >= 15 is 0 Å². The van der Waals surface area contributed by atoms with Crippen LogP contribution in [0.15, 0.2) is 45.8 Å². The summed E-state index contributed by atoms with van der Waals surface area (Å²) >= 11 is 10.3. The van der Waals surface area contributed by atoms with Crippen molar-refractivity contribution in [2.45, 2.75) is 4.90 Å². The van der Waals surface area contributed by atoms with Crippen LogP contribution in [0.4, 0.5) is 4.39 Å². The summed E-state index contributed by atoms with van der Waals surface area (Å²) in [6.07, 6.45) is 2.02. The van der Waals surface area contributed by atoms with E-state index in [0.29, 0.717) is 14.8 Å². The average Bonchev–Trinajstić information content (AvgIpc) is 2.74. The van der Waals surface area contributed by atoms with Gasteiger partial charge < -0.3 is 4.98 Å². The minimum Gasteiger partial charge on any atom is -0.330 e. The molecule has 102 valence electrons. The number of imidazole rings is 1. The Morgan fingerprint density at radius 3 is 2.80 bits per heavy atom. The van der Waals surface area contributed by atoms with Crippen molar-refractivity contribution in [3.05, 3.63) is 51.5 Å². The largest absolute Gasteiger partial charge is 0.330 e. The molecular weight excluding hydrogens is 359 g/mol. The molecule has 3 aromatic rings. The first-order valence-electron chi connectivity index (χ1n) is 5.85. The second kappa shape index (κ2) is 5.35. The summed E-state index contributed by atoms with van der Waals surface area (Å²) in [6, 6.07) is 11.2. The zero-order chi connectivity index (χ0) is 14.3. The van der Waals surface area contributed by atoms with Crippen molar-refractivity contribution < 1.29 is 4.39 Å². The fourth-order valence-electron chi connectivity index (χ4n) is 2.16. The Morgan fingerprint density at radius 1 is 1.30 bits per heavy atom. The highest BCUT2D eigenvalue weighted by molar-refractivity contribution is 9.10. The highest BCUT2D eigenvalue weighted by Crippen LogP contribution is 2.29. The molecule has 1 N–H and O–H groups in total. The second-order valence-electron chi connectivity index (χ2n) is 4.22. The molecule has 0 fully saturated rings. The molecule has 0 saturated heterocycles. The Bertz CT molecular complexity index is 854. The van der Waals surface area contributed by atoms with Crippen LogP contribution in [0.3, 0.4) is 0 Å². The fraction of sp³-hybridized carbons (Fsp3) is 0.0714. The summed E-state index contributed by atoms with van der Waals surface area (Å²) in [7, 11) is 0. The van der Waals surface area contributed by atoms with E-state index in [1.807, 2.05) is 35.1 Å². The van der Waals surface area contributed by atoms with Gasteiger partial charge in [-0.15, -0.1) is 11.8 Å². The zero-order valence-electron chi connectivity index (χ0n) is 10.5. The van der Waals surface area contributed by atoms with Crippen molar-refractivity contribution in [2.24, 2.45) is 0 Å². The molecule has 0 aliphatic heterocycles. The summed E-state index contributed by atoms with van der Waals surface area (Å²) in [4.78, 5) is 4.17. The molecule has 0 aliphatic rings. The van der Waals surface area contributed by atoms with Gasteiger partial charge in [0.2, 0.25) is 0 Å². The molecule has 0 radical (unpaired) electrons. The lowest BCUT2D eigenvalue weighted by molar-refractivity contribution is 0.623. The van der Waals surface area contributed by atoms with Crippen LogP contribution in [0.2, 0.25) is 0 Å². The molecule has 0 atom stereocenters. The highest BCUT2D eigenvalue weighted by atomic mass is 79.9. The van der Waals surface area contributed by atoms with Crippen LogP contribution in [0.25, 0.3) is 16.7 Å². The van der Waals surface area contributed by atoms with Gasteiger partial charge in [-0.3, -0.25) is 4.57 Å². The number of rotatable bonds is 2. The molecule has 2 aromatic carbocycles. The third-order valence-electron chi connectivity index (χ3n) is 3.05. The van der Waals surface area contributed by atoms with Crippen LogP contribution in [0.1, 0.15) is 0 Å². The number of hydrogen-bond donors (Lipinski definition) is 1. The van der Waals surface area contributed by atoms with Gasteiger partial charge in [0.05, 0.1) is 21.2 Å². The number of halogens is 2. The maximum atomic E-state index is 13.6. The first-order chi connectivity index (χ1) is 9.61. The Morgan fingerprint density at radius 2 is 2.05 bits per heavy atom. The van der Waals surface area contributed by atoms with E-state index in [1.54, 1.807) is 17.8 Å². The van der Waals surface area contributed by atoms with Gasteiger partial charge in [-0.25, -0.2) is 4.39 Å². The molecule has 6 heteroatoms. The number of nitrogens with zero attached hydrogens (tertiary/aromatic N) is 1. The van der Waals surface area contributed by atoms with E-state index in [9.17, 15) is 4.39 Å². The second-order valence-corrected chi connectivity index (χ2v) is 6.31. The van der Waals surface area contributed by atoms with Crippen LogP contribution < -0.4 is 0 Å². The molecular formula is C14H10BrFN2S2. The molecule has 0 bridgehead atoms. The van der Waals surface area contributed by atoms with Crippen LogP contribution in [-0.2, 0) is 0 Å². The molecule has 2 nitrogen and oxygen atoms in total. The molecule has 1 heterocycles. The Kier molecular flexibility index (Phi) is 3.70. The van der Waals surface area contributed by atoms with Gasteiger partial charge >= 0.3 is 0 Å². The SMILES string of the molecule is CSc1ccccc1-n1c(=S)[nH]c2cc(F)c(Br)cc21. The third-order valence-corrected chi connectivity index (χ3v) is 4.73. The number of benzene rings is 2. The minimum atomic E-state index is -0.306. The fourth-order valence-corrected chi connectivity index (χ4v) is 3.38. The summed E-state index contributed by atoms with van der Waals surface area (Å²) in [6.45, 7) is 0. The topological polar surface area (TPSA) is 20.7 Å². The monoisotopic (exact) mass is 368 g/mol. The van der Waals surface area contributed by atoms with Crippen LogP contribution in [0, 0.1) is 10.6 Å². The number of H-pyrrole nitrogens is 1. The lowest BCUT2D eigenvalue weighted by Crippen LogP contribution is -1.96. The number of hydrogen-bond acceptors (Lipinski definition) is 2. The van der Waals surface area contributed by atoms with Crippen molar-refractivity contribution in [1.29, 1.82) is 0 Å². The predicted molar refractivity (Wildman–Crippen MR) is 87.9 cm³/mol. The maximum absolute atomic E-state index is 13.6. The normalized spacial score (nSPS) is 11.2. The number of aromatic nitrogens is 2. The Hall–Kier alpha value is -1.11. The summed E-state index contributed by atoms with van der Waals surface area (Å²) in [5.74, 6) is -0.306. The smallest absolute Gasteiger partial charge is 0.182 e. The average molecular weight is 369 g/mol. The van der Waals surface area contributed by atoms with Gasteiger partial charge in [0.1, 0.15) is 5.82 Å². The minimum absolute atomic E-state index is 0.306. The van der Waals surface area contributed by atoms with Gasteiger partial charge in [-0.1, -0.05) is 12.1 Å². The molecule has 0 unspecified atom stereocenters. The molecule has 0 aliphatic carbocycles. The Labute approximate surface area is 133 Å². The molecule has 3 rings (SSSR count). The van der Waals surface area contributed by atoms with Crippen LogP contribution >= 0.6 is 39.9 Å². The van der Waals surface area contributed by atoms with E-state index in [0.717, 1.165) is 16.1 Å². The van der Waals surface area contributed by atoms with Crippen molar-refractivity contribution in [3.8, 4) is 5.69 Å². The van der Waals surface area contributed by atoms with Gasteiger partial charge in [-0.2, -0.15) is 0 Å². The van der Waals surface area contributed by atoms with Crippen LogP contribution in [0.5, 0.6) is 0 Å². The molecule has 1 aromatic heterocycles. The van der Waals surface area contributed by atoms with E-state index in [-0.39, 0.29) is 5.82 Å². The van der Waals surface area contributed by atoms with Gasteiger partial charge in [0.15, 0.2) is 4.77 Å². The lowest BCUT2D eigenvalue weighted by Gasteiger charge is -2.09. The number of thioether (sulfide) groups is 1. The van der Waals surface area contributed by atoms with E-state index in [2.05, 4.69) is 20.9 Å². The molecule has 0 saturated carbocycles. The number of nitrogens with one attached hydrogen (secondary N) is 1. The van der Waals surface area contributed by atoms with Crippen molar-refractivity contribution in [2.75, 3.05) is 6.26 Å². The zero-order valence-corrected chi connectivity index (χ0v) is 13.7. The van der Waals surface area contributed by atoms with Gasteiger partial charge in [-0.05, 0) is 52.6 Å². The Balaban J connectivity index is 2.39. The van der Waals surface area contributed by atoms with Gasteiger partial charge in [0.25, 0.3) is 0 Å². The van der Waals surface area contributed by atoms with Gasteiger partial charge in [0, 0.05) is 11.0 Å². The quantitative estimate of drug-likeness (QED) is 0.488. The molecule has 0 amide bonds. The highest BCUT2D eigenvalue weighted by Gasteiger charge is 2.12. The first-order valence-corrected chi connectivity index (χ1v) is 8.27. The van der Waals surface area contributed by atoms with Crippen molar-refractivity contribution in [3.63, 3.8) is 0 Å².